The molecule has 110 valence electrons. The Labute approximate surface area is 153 Å². The second kappa shape index (κ2) is 6.44. The molecule has 0 atom stereocenters. The van der Waals surface area contributed by atoms with Crippen molar-refractivity contribution in [3.63, 3.8) is 0 Å². The Morgan fingerprint density at radius 2 is 1.43 bits per heavy atom. The minimum absolute atomic E-state index is 0.778. The number of hydrogen-bond donors (Lipinski definition) is 0. The lowest BCUT2D eigenvalue weighted by Crippen LogP contribution is -1.99. The SMILES string of the molecule is CC(C)CCCn1c2ccc(I)cc2c2cc(I)ccc21. The van der Waals surface area contributed by atoms with Gasteiger partial charge in [0.15, 0.2) is 0 Å². The molecule has 1 heterocycles. The van der Waals surface area contributed by atoms with Gasteiger partial charge < -0.3 is 4.57 Å². The summed E-state index contributed by atoms with van der Waals surface area (Å²) in [6, 6.07) is 13.6. The molecule has 0 saturated heterocycles. The van der Waals surface area contributed by atoms with Gasteiger partial charge in [-0.05, 0) is 100 Å². The van der Waals surface area contributed by atoms with Gasteiger partial charge in [0.2, 0.25) is 0 Å². The summed E-state index contributed by atoms with van der Waals surface area (Å²) >= 11 is 4.81. The van der Waals surface area contributed by atoms with Gasteiger partial charge in [-0.2, -0.15) is 0 Å². The van der Waals surface area contributed by atoms with Crippen LogP contribution in [-0.4, -0.2) is 4.57 Å². The van der Waals surface area contributed by atoms with E-state index < -0.39 is 0 Å². The van der Waals surface area contributed by atoms with Gasteiger partial charge in [-0.1, -0.05) is 13.8 Å². The van der Waals surface area contributed by atoms with E-state index in [9.17, 15) is 0 Å². The molecule has 1 aromatic heterocycles. The fourth-order valence-electron chi connectivity index (χ4n) is 2.95. The highest BCUT2D eigenvalue weighted by Gasteiger charge is 2.11. The molecule has 0 fully saturated rings. The van der Waals surface area contributed by atoms with Crippen molar-refractivity contribution in [2.24, 2.45) is 5.92 Å². The van der Waals surface area contributed by atoms with Crippen molar-refractivity contribution < 1.29 is 0 Å². The molecule has 3 rings (SSSR count). The highest BCUT2D eigenvalue weighted by Crippen LogP contribution is 2.31. The average Bonchev–Trinajstić information content (AvgIpc) is 2.72. The summed E-state index contributed by atoms with van der Waals surface area (Å²) in [5, 5.41) is 2.78. The number of aryl methyl sites for hydroxylation is 1. The summed E-state index contributed by atoms with van der Waals surface area (Å²) in [6.45, 7) is 5.71. The van der Waals surface area contributed by atoms with Crippen LogP contribution in [-0.2, 0) is 6.54 Å². The standard InChI is InChI=1S/C18H19I2N/c1-12(2)4-3-9-21-17-7-5-13(19)10-15(17)16-11-14(20)6-8-18(16)21/h5-8,10-12H,3-4,9H2,1-2H3. The molecule has 0 spiro atoms. The first-order valence-corrected chi connectivity index (χ1v) is 9.59. The number of halogens is 2. The topological polar surface area (TPSA) is 4.93 Å². The Balaban J connectivity index is 2.15. The van der Waals surface area contributed by atoms with Gasteiger partial charge in [0.1, 0.15) is 0 Å². The summed E-state index contributed by atoms with van der Waals surface area (Å²) in [6.07, 6.45) is 2.53. The zero-order chi connectivity index (χ0) is 15.0. The number of hydrogen-bond acceptors (Lipinski definition) is 0. The van der Waals surface area contributed by atoms with Crippen molar-refractivity contribution in [1.82, 2.24) is 4.57 Å². The van der Waals surface area contributed by atoms with Crippen molar-refractivity contribution in [2.75, 3.05) is 0 Å². The predicted molar refractivity (Wildman–Crippen MR) is 109 cm³/mol. The number of fused-ring (bicyclic) bond motifs is 3. The largest absolute Gasteiger partial charge is 0.340 e. The highest BCUT2D eigenvalue weighted by atomic mass is 127. The van der Waals surface area contributed by atoms with Crippen LogP contribution in [0.3, 0.4) is 0 Å². The second-order valence-electron chi connectivity index (χ2n) is 6.01. The summed E-state index contributed by atoms with van der Waals surface area (Å²) in [7, 11) is 0. The van der Waals surface area contributed by atoms with Gasteiger partial charge in [-0.3, -0.25) is 0 Å². The first-order valence-electron chi connectivity index (χ1n) is 7.43. The van der Waals surface area contributed by atoms with Gasteiger partial charge in [-0.15, -0.1) is 0 Å². The molecule has 3 aromatic rings. The molecule has 0 radical (unpaired) electrons. The van der Waals surface area contributed by atoms with Crippen molar-refractivity contribution in [3.05, 3.63) is 43.5 Å². The lowest BCUT2D eigenvalue weighted by molar-refractivity contribution is 0.522. The number of rotatable bonds is 4. The summed E-state index contributed by atoms with van der Waals surface area (Å²) in [4.78, 5) is 0. The zero-order valence-corrected chi connectivity index (χ0v) is 16.7. The molecule has 0 amide bonds. The van der Waals surface area contributed by atoms with Crippen molar-refractivity contribution in [2.45, 2.75) is 33.2 Å². The van der Waals surface area contributed by atoms with Gasteiger partial charge in [0.05, 0.1) is 0 Å². The lowest BCUT2D eigenvalue weighted by atomic mass is 10.1. The van der Waals surface area contributed by atoms with Crippen LogP contribution in [0.4, 0.5) is 0 Å². The molecular formula is C18H19I2N. The van der Waals surface area contributed by atoms with E-state index in [2.05, 4.69) is 100.0 Å². The molecule has 0 aliphatic heterocycles. The Kier molecular flexibility index (Phi) is 4.78. The van der Waals surface area contributed by atoms with Crippen molar-refractivity contribution in [1.29, 1.82) is 0 Å². The minimum atomic E-state index is 0.778. The molecule has 1 nitrogen and oxygen atoms in total. The first kappa shape index (κ1) is 15.6. The maximum atomic E-state index is 2.50. The summed E-state index contributed by atoms with van der Waals surface area (Å²) in [5.41, 5.74) is 2.74. The third-order valence-electron chi connectivity index (χ3n) is 3.95. The maximum Gasteiger partial charge on any atom is 0.0492 e. The Bertz CT molecular complexity index is 727. The van der Waals surface area contributed by atoms with Crippen LogP contribution in [0.5, 0.6) is 0 Å². The monoisotopic (exact) mass is 503 g/mol. The van der Waals surface area contributed by atoms with Crippen LogP contribution >= 0.6 is 45.2 Å². The zero-order valence-electron chi connectivity index (χ0n) is 12.4. The fourth-order valence-corrected chi connectivity index (χ4v) is 3.93. The first-order chi connectivity index (χ1) is 10.1. The van der Waals surface area contributed by atoms with Crippen LogP contribution < -0.4 is 0 Å². The van der Waals surface area contributed by atoms with E-state index in [1.807, 2.05) is 0 Å². The van der Waals surface area contributed by atoms with Crippen molar-refractivity contribution >= 4 is 67.0 Å². The van der Waals surface area contributed by atoms with E-state index in [0.717, 1.165) is 12.5 Å². The van der Waals surface area contributed by atoms with Crippen LogP contribution in [0.25, 0.3) is 21.8 Å². The van der Waals surface area contributed by atoms with Crippen LogP contribution in [0.15, 0.2) is 36.4 Å². The summed E-state index contributed by atoms with van der Waals surface area (Å²) in [5.74, 6) is 0.778. The van der Waals surface area contributed by atoms with Crippen LogP contribution in [0.1, 0.15) is 26.7 Å². The van der Waals surface area contributed by atoms with Crippen molar-refractivity contribution in [3.8, 4) is 0 Å². The Morgan fingerprint density at radius 3 is 1.90 bits per heavy atom. The molecule has 0 bridgehead atoms. The summed E-state index contributed by atoms with van der Waals surface area (Å²) < 4.78 is 5.11. The highest BCUT2D eigenvalue weighted by molar-refractivity contribution is 14.1. The van der Waals surface area contributed by atoms with Gasteiger partial charge in [-0.25, -0.2) is 0 Å². The minimum Gasteiger partial charge on any atom is -0.340 e. The molecule has 0 N–H and O–H groups in total. The Morgan fingerprint density at radius 1 is 0.905 bits per heavy atom. The third-order valence-corrected chi connectivity index (χ3v) is 5.29. The van der Waals surface area contributed by atoms with Crippen LogP contribution in [0.2, 0.25) is 0 Å². The molecule has 0 unspecified atom stereocenters. The molecule has 21 heavy (non-hydrogen) atoms. The molecule has 0 aliphatic rings. The van der Waals surface area contributed by atoms with E-state index in [4.69, 9.17) is 0 Å². The van der Waals surface area contributed by atoms with Gasteiger partial charge in [0.25, 0.3) is 0 Å². The molecule has 0 saturated carbocycles. The number of aromatic nitrogens is 1. The second-order valence-corrected chi connectivity index (χ2v) is 8.50. The smallest absolute Gasteiger partial charge is 0.0492 e. The fraction of sp³-hybridized carbons (Fsp3) is 0.333. The lowest BCUT2D eigenvalue weighted by Gasteiger charge is -2.09. The Hall–Kier alpha value is -0.300. The van der Waals surface area contributed by atoms with E-state index in [1.165, 1.54) is 41.8 Å². The van der Waals surface area contributed by atoms with E-state index in [0.29, 0.717) is 0 Å². The molecule has 2 aromatic carbocycles. The molecule has 0 aliphatic carbocycles. The van der Waals surface area contributed by atoms with E-state index in [1.54, 1.807) is 0 Å². The third kappa shape index (κ3) is 3.23. The van der Waals surface area contributed by atoms with Crippen LogP contribution in [0, 0.1) is 13.1 Å². The van der Waals surface area contributed by atoms with Gasteiger partial charge in [0, 0.05) is 35.5 Å². The van der Waals surface area contributed by atoms with E-state index in [-0.39, 0.29) is 0 Å². The number of nitrogens with zero attached hydrogens (tertiary/aromatic N) is 1. The molecular weight excluding hydrogens is 484 g/mol. The number of benzene rings is 2. The van der Waals surface area contributed by atoms with Gasteiger partial charge >= 0.3 is 0 Å². The molecule has 3 heteroatoms. The normalized spacial score (nSPS) is 11.9. The quantitative estimate of drug-likeness (QED) is 0.362. The maximum absolute atomic E-state index is 2.50. The predicted octanol–water partition coefficient (Wildman–Crippen LogP) is 6.44. The van der Waals surface area contributed by atoms with E-state index >= 15 is 0 Å². The average molecular weight is 503 g/mol.